The van der Waals surface area contributed by atoms with Crippen LogP contribution in [0.15, 0.2) is 71.9 Å². The van der Waals surface area contributed by atoms with E-state index in [2.05, 4.69) is 20.6 Å². The van der Waals surface area contributed by atoms with Gasteiger partial charge in [-0.2, -0.15) is 0 Å². The summed E-state index contributed by atoms with van der Waals surface area (Å²) < 4.78 is 24.3. The Labute approximate surface area is 198 Å². The van der Waals surface area contributed by atoms with Crippen LogP contribution in [-0.4, -0.2) is 24.6 Å². The van der Waals surface area contributed by atoms with Gasteiger partial charge in [0.15, 0.2) is 5.96 Å². The molecule has 0 atom stereocenters. The van der Waals surface area contributed by atoms with Gasteiger partial charge in [-0.15, -0.1) is 24.0 Å². The van der Waals surface area contributed by atoms with Gasteiger partial charge in [-0.3, -0.25) is 0 Å². The second-order valence-corrected chi connectivity index (χ2v) is 6.46. The smallest absolute Gasteiger partial charge is 0.219 e. The number of methoxy groups -OCH3 is 1. The zero-order chi connectivity index (χ0) is 21.2. The number of aromatic nitrogens is 1. The predicted octanol–water partition coefficient (Wildman–Crippen LogP) is 4.89. The highest BCUT2D eigenvalue weighted by Gasteiger charge is 2.03. The van der Waals surface area contributed by atoms with Gasteiger partial charge in [0.2, 0.25) is 5.88 Å². The first-order valence-electron chi connectivity index (χ1n) is 9.69. The number of halogens is 2. The van der Waals surface area contributed by atoms with Crippen LogP contribution in [0.3, 0.4) is 0 Å². The fraction of sp³-hybridized carbons (Fsp3) is 0.217. The van der Waals surface area contributed by atoms with Gasteiger partial charge in [0.05, 0.1) is 13.7 Å². The number of guanidine groups is 1. The number of benzene rings is 2. The standard InChI is InChI=1S/C23H25FN4O2.HI/c1-3-25-23(27-14-17-6-4-7-19(24)12-17)28-16-18-10-11-22(26-15-18)30-21-9-5-8-20(13-21)29-2;/h4-13,15H,3,14,16H2,1-2H3,(H2,25,27,28);1H. The second-order valence-electron chi connectivity index (χ2n) is 6.46. The van der Waals surface area contributed by atoms with Gasteiger partial charge in [-0.25, -0.2) is 14.4 Å². The minimum atomic E-state index is -0.251. The number of aliphatic imine (C=N–C) groups is 1. The van der Waals surface area contributed by atoms with Gasteiger partial charge in [-0.05, 0) is 42.3 Å². The SMILES string of the molecule is CCNC(=NCc1ccc(Oc2cccc(OC)c2)nc1)NCc1cccc(F)c1.I. The quantitative estimate of drug-likeness (QED) is 0.244. The van der Waals surface area contributed by atoms with E-state index in [1.54, 1.807) is 31.5 Å². The molecular weight excluding hydrogens is 510 g/mol. The molecule has 8 heteroatoms. The molecule has 164 valence electrons. The monoisotopic (exact) mass is 536 g/mol. The molecule has 1 heterocycles. The Balaban J connectivity index is 0.00000341. The van der Waals surface area contributed by atoms with Crippen molar-refractivity contribution in [2.24, 2.45) is 4.99 Å². The summed E-state index contributed by atoms with van der Waals surface area (Å²) in [5, 5.41) is 6.39. The molecule has 0 radical (unpaired) electrons. The van der Waals surface area contributed by atoms with Crippen molar-refractivity contribution in [1.29, 1.82) is 0 Å². The first kappa shape index (κ1) is 24.4. The molecular formula is C23H26FIN4O2. The largest absolute Gasteiger partial charge is 0.497 e. The predicted molar refractivity (Wildman–Crippen MR) is 131 cm³/mol. The van der Waals surface area contributed by atoms with Crippen LogP contribution < -0.4 is 20.1 Å². The lowest BCUT2D eigenvalue weighted by atomic mass is 10.2. The number of rotatable bonds is 8. The van der Waals surface area contributed by atoms with Crippen molar-refractivity contribution in [2.45, 2.75) is 20.0 Å². The van der Waals surface area contributed by atoms with E-state index in [1.807, 2.05) is 37.3 Å². The number of nitrogens with one attached hydrogen (secondary N) is 2. The first-order valence-corrected chi connectivity index (χ1v) is 9.69. The number of hydrogen-bond donors (Lipinski definition) is 2. The van der Waals surface area contributed by atoms with Crippen LogP contribution in [0.1, 0.15) is 18.1 Å². The Bertz CT molecular complexity index is 983. The molecule has 6 nitrogen and oxygen atoms in total. The molecule has 2 N–H and O–H groups in total. The Hall–Kier alpha value is -2.88. The summed E-state index contributed by atoms with van der Waals surface area (Å²) in [4.78, 5) is 8.90. The Kier molecular flexibility index (Phi) is 10.0. The number of ether oxygens (including phenoxy) is 2. The van der Waals surface area contributed by atoms with Crippen LogP contribution in [0.5, 0.6) is 17.4 Å². The summed E-state index contributed by atoms with van der Waals surface area (Å²) in [6.45, 7) is 3.65. The van der Waals surface area contributed by atoms with Gasteiger partial charge < -0.3 is 20.1 Å². The molecule has 0 aliphatic heterocycles. The average Bonchev–Trinajstić information content (AvgIpc) is 2.77. The molecule has 3 rings (SSSR count). The van der Waals surface area contributed by atoms with E-state index in [0.29, 0.717) is 30.7 Å². The third-order valence-electron chi connectivity index (χ3n) is 4.17. The first-order chi connectivity index (χ1) is 14.7. The average molecular weight is 536 g/mol. The van der Waals surface area contributed by atoms with Crippen LogP contribution in [0.25, 0.3) is 0 Å². The molecule has 0 aliphatic rings. The van der Waals surface area contributed by atoms with Crippen molar-refractivity contribution in [3.05, 3.63) is 83.8 Å². The van der Waals surface area contributed by atoms with Crippen molar-refractivity contribution < 1.29 is 13.9 Å². The van der Waals surface area contributed by atoms with Crippen LogP contribution in [-0.2, 0) is 13.1 Å². The molecule has 0 spiro atoms. The fourth-order valence-electron chi connectivity index (χ4n) is 2.70. The second kappa shape index (κ2) is 12.7. The minimum absolute atomic E-state index is 0. The van der Waals surface area contributed by atoms with Crippen LogP contribution in [0.2, 0.25) is 0 Å². The van der Waals surface area contributed by atoms with Crippen molar-refractivity contribution in [3.63, 3.8) is 0 Å². The molecule has 0 bridgehead atoms. The third kappa shape index (κ3) is 8.05. The van der Waals surface area contributed by atoms with Crippen LogP contribution >= 0.6 is 24.0 Å². The maximum absolute atomic E-state index is 13.3. The number of nitrogens with zero attached hydrogens (tertiary/aromatic N) is 2. The molecule has 0 saturated carbocycles. The zero-order valence-electron chi connectivity index (χ0n) is 17.5. The normalized spacial score (nSPS) is 10.7. The number of pyridine rings is 1. The molecule has 0 unspecified atom stereocenters. The summed E-state index contributed by atoms with van der Waals surface area (Å²) in [7, 11) is 1.61. The van der Waals surface area contributed by atoms with Gasteiger partial charge in [0.25, 0.3) is 0 Å². The highest BCUT2D eigenvalue weighted by atomic mass is 127. The lowest BCUT2D eigenvalue weighted by Crippen LogP contribution is -2.36. The van der Waals surface area contributed by atoms with E-state index in [1.165, 1.54) is 12.1 Å². The zero-order valence-corrected chi connectivity index (χ0v) is 19.8. The Morgan fingerprint density at radius 2 is 1.81 bits per heavy atom. The fourth-order valence-corrected chi connectivity index (χ4v) is 2.70. The van der Waals surface area contributed by atoms with E-state index in [0.717, 1.165) is 23.4 Å². The molecule has 3 aromatic rings. The van der Waals surface area contributed by atoms with E-state index in [-0.39, 0.29) is 29.8 Å². The molecule has 0 aliphatic carbocycles. The third-order valence-corrected chi connectivity index (χ3v) is 4.17. The Morgan fingerprint density at radius 3 is 2.52 bits per heavy atom. The molecule has 0 fully saturated rings. The Morgan fingerprint density at radius 1 is 1.00 bits per heavy atom. The highest BCUT2D eigenvalue weighted by molar-refractivity contribution is 14.0. The van der Waals surface area contributed by atoms with E-state index in [4.69, 9.17) is 9.47 Å². The van der Waals surface area contributed by atoms with Gasteiger partial charge in [0, 0.05) is 31.4 Å². The van der Waals surface area contributed by atoms with Crippen LogP contribution in [0, 0.1) is 5.82 Å². The lowest BCUT2D eigenvalue weighted by Gasteiger charge is -2.11. The van der Waals surface area contributed by atoms with E-state index >= 15 is 0 Å². The van der Waals surface area contributed by atoms with Gasteiger partial charge in [0.1, 0.15) is 17.3 Å². The van der Waals surface area contributed by atoms with E-state index in [9.17, 15) is 4.39 Å². The maximum Gasteiger partial charge on any atom is 0.219 e. The molecule has 0 saturated heterocycles. The van der Waals surface area contributed by atoms with Gasteiger partial charge >= 0.3 is 0 Å². The van der Waals surface area contributed by atoms with Crippen LogP contribution in [0.4, 0.5) is 4.39 Å². The lowest BCUT2D eigenvalue weighted by molar-refractivity contribution is 0.407. The summed E-state index contributed by atoms with van der Waals surface area (Å²) >= 11 is 0. The molecule has 0 amide bonds. The summed E-state index contributed by atoms with van der Waals surface area (Å²) in [6.07, 6.45) is 1.73. The molecule has 2 aromatic carbocycles. The minimum Gasteiger partial charge on any atom is -0.497 e. The number of hydrogen-bond acceptors (Lipinski definition) is 4. The van der Waals surface area contributed by atoms with Crippen molar-refractivity contribution in [2.75, 3.05) is 13.7 Å². The van der Waals surface area contributed by atoms with E-state index < -0.39 is 0 Å². The van der Waals surface area contributed by atoms with Gasteiger partial charge in [-0.1, -0.05) is 24.3 Å². The summed E-state index contributed by atoms with van der Waals surface area (Å²) in [5.74, 6) is 2.27. The maximum atomic E-state index is 13.3. The molecule has 1 aromatic heterocycles. The summed E-state index contributed by atoms with van der Waals surface area (Å²) in [5.41, 5.74) is 1.79. The van der Waals surface area contributed by atoms with Crippen molar-refractivity contribution >= 4 is 29.9 Å². The molecule has 31 heavy (non-hydrogen) atoms. The van der Waals surface area contributed by atoms with Crippen molar-refractivity contribution in [1.82, 2.24) is 15.6 Å². The summed E-state index contributed by atoms with van der Waals surface area (Å²) in [6, 6.07) is 17.6. The highest BCUT2D eigenvalue weighted by Crippen LogP contribution is 2.23. The van der Waals surface area contributed by atoms with Crippen molar-refractivity contribution in [3.8, 4) is 17.4 Å². The topological polar surface area (TPSA) is 67.8 Å².